The average molecular weight is 348 g/mol. The van der Waals surface area contributed by atoms with E-state index in [0.717, 1.165) is 10.8 Å². The van der Waals surface area contributed by atoms with Crippen molar-refractivity contribution in [2.24, 2.45) is 0 Å². The van der Waals surface area contributed by atoms with E-state index in [9.17, 15) is 9.59 Å². The molecule has 26 heavy (non-hydrogen) atoms. The molecule has 2 N–H and O–H groups in total. The maximum Gasteiger partial charge on any atom is 0.283 e. The molecular weight excluding hydrogens is 332 g/mol. The quantitative estimate of drug-likeness (QED) is 0.698. The highest BCUT2D eigenvalue weighted by Crippen LogP contribution is 2.30. The topological polar surface area (TPSA) is 76.7 Å². The SMILES string of the molecule is O=C(NNC(=O)C1COc2ccccc2O1)c1ccc2ccccc2c1. The van der Waals surface area contributed by atoms with Crippen molar-refractivity contribution in [2.75, 3.05) is 6.61 Å². The van der Waals surface area contributed by atoms with Crippen LogP contribution in [0.3, 0.4) is 0 Å². The van der Waals surface area contributed by atoms with Gasteiger partial charge in [0, 0.05) is 5.56 Å². The van der Waals surface area contributed by atoms with Crippen LogP contribution in [0.5, 0.6) is 11.5 Å². The van der Waals surface area contributed by atoms with Crippen molar-refractivity contribution in [2.45, 2.75) is 6.10 Å². The van der Waals surface area contributed by atoms with Crippen LogP contribution in [-0.2, 0) is 4.79 Å². The third kappa shape index (κ3) is 3.17. The summed E-state index contributed by atoms with van der Waals surface area (Å²) < 4.78 is 11.1. The Balaban J connectivity index is 1.38. The minimum atomic E-state index is -0.832. The van der Waals surface area contributed by atoms with Gasteiger partial charge >= 0.3 is 0 Å². The number of hydrazine groups is 1. The minimum Gasteiger partial charge on any atom is -0.485 e. The van der Waals surface area contributed by atoms with E-state index in [0.29, 0.717) is 17.1 Å². The molecule has 2 amide bonds. The Morgan fingerprint density at radius 1 is 0.846 bits per heavy atom. The predicted octanol–water partition coefficient (Wildman–Crippen LogP) is 2.44. The Bertz CT molecular complexity index is 986. The van der Waals surface area contributed by atoms with Crippen LogP contribution in [0, 0.1) is 0 Å². The summed E-state index contributed by atoms with van der Waals surface area (Å²) in [6, 6.07) is 20.2. The fraction of sp³-hybridized carbons (Fsp3) is 0.100. The van der Waals surface area contributed by atoms with Gasteiger partial charge in [-0.05, 0) is 35.0 Å². The molecule has 1 heterocycles. The molecule has 6 nitrogen and oxygen atoms in total. The number of benzene rings is 3. The highest BCUT2D eigenvalue weighted by Gasteiger charge is 2.27. The normalized spacial score (nSPS) is 15.3. The van der Waals surface area contributed by atoms with Crippen molar-refractivity contribution >= 4 is 22.6 Å². The molecular formula is C20H16N2O4. The van der Waals surface area contributed by atoms with E-state index in [-0.39, 0.29) is 6.61 Å². The zero-order valence-corrected chi connectivity index (χ0v) is 13.8. The maximum atomic E-state index is 12.3. The van der Waals surface area contributed by atoms with E-state index in [4.69, 9.17) is 9.47 Å². The lowest BCUT2D eigenvalue weighted by molar-refractivity contribution is -0.131. The van der Waals surface area contributed by atoms with E-state index >= 15 is 0 Å². The molecule has 130 valence electrons. The molecule has 1 aliphatic rings. The number of carbonyl (C=O) groups excluding carboxylic acids is 2. The molecule has 6 heteroatoms. The summed E-state index contributed by atoms with van der Waals surface area (Å²) in [5.41, 5.74) is 5.25. The Hall–Kier alpha value is -3.54. The van der Waals surface area contributed by atoms with Crippen LogP contribution in [0.25, 0.3) is 10.8 Å². The fourth-order valence-corrected chi connectivity index (χ4v) is 2.75. The zero-order valence-electron chi connectivity index (χ0n) is 13.8. The summed E-state index contributed by atoms with van der Waals surface area (Å²) in [6.45, 7) is 0.0781. The number of hydrogen-bond donors (Lipinski definition) is 2. The maximum absolute atomic E-state index is 12.3. The highest BCUT2D eigenvalue weighted by molar-refractivity contribution is 5.99. The molecule has 1 atom stereocenters. The molecule has 0 radical (unpaired) electrons. The number of amides is 2. The lowest BCUT2D eigenvalue weighted by atomic mass is 10.1. The summed E-state index contributed by atoms with van der Waals surface area (Å²) in [5.74, 6) is 0.214. The molecule has 1 aliphatic heterocycles. The summed E-state index contributed by atoms with van der Waals surface area (Å²) in [7, 11) is 0. The highest BCUT2D eigenvalue weighted by atomic mass is 16.6. The first kappa shape index (κ1) is 16.0. The first-order valence-electron chi connectivity index (χ1n) is 8.18. The van der Waals surface area contributed by atoms with Gasteiger partial charge in [0.15, 0.2) is 11.5 Å². The number of para-hydroxylation sites is 2. The van der Waals surface area contributed by atoms with Crippen molar-refractivity contribution in [3.63, 3.8) is 0 Å². The van der Waals surface area contributed by atoms with Crippen molar-refractivity contribution in [3.05, 3.63) is 72.3 Å². The van der Waals surface area contributed by atoms with Crippen LogP contribution < -0.4 is 20.3 Å². The Morgan fingerprint density at radius 3 is 2.42 bits per heavy atom. The number of nitrogens with one attached hydrogen (secondary N) is 2. The molecule has 0 saturated carbocycles. The summed E-state index contributed by atoms with van der Waals surface area (Å²) in [6.07, 6.45) is -0.832. The largest absolute Gasteiger partial charge is 0.485 e. The van der Waals surface area contributed by atoms with Gasteiger partial charge in [-0.25, -0.2) is 0 Å². The second-order valence-corrected chi connectivity index (χ2v) is 5.87. The third-order valence-corrected chi connectivity index (χ3v) is 4.11. The second kappa shape index (κ2) is 6.76. The van der Waals surface area contributed by atoms with E-state index in [1.807, 2.05) is 36.4 Å². The van der Waals surface area contributed by atoms with Crippen LogP contribution in [0.1, 0.15) is 10.4 Å². The number of ether oxygens (including phenoxy) is 2. The van der Waals surface area contributed by atoms with E-state index < -0.39 is 17.9 Å². The Labute approximate surface area is 149 Å². The number of fused-ring (bicyclic) bond motifs is 2. The molecule has 3 aromatic carbocycles. The lowest BCUT2D eigenvalue weighted by Gasteiger charge is -2.25. The lowest BCUT2D eigenvalue weighted by Crippen LogP contribution is -2.50. The summed E-state index contributed by atoms with van der Waals surface area (Å²) >= 11 is 0. The monoisotopic (exact) mass is 348 g/mol. The van der Waals surface area contributed by atoms with Gasteiger partial charge < -0.3 is 9.47 Å². The number of hydrogen-bond acceptors (Lipinski definition) is 4. The molecule has 0 fully saturated rings. The molecule has 1 unspecified atom stereocenters. The Kier molecular flexibility index (Phi) is 4.15. The standard InChI is InChI=1S/C20H16N2O4/c23-19(15-10-9-13-5-1-2-6-14(13)11-15)21-22-20(24)18-12-25-16-7-3-4-8-17(16)26-18/h1-11,18H,12H2,(H,21,23)(H,22,24). The van der Waals surface area contributed by atoms with Gasteiger partial charge in [-0.15, -0.1) is 0 Å². The average Bonchev–Trinajstić information content (AvgIpc) is 2.71. The fourth-order valence-electron chi connectivity index (χ4n) is 2.75. The first-order chi connectivity index (χ1) is 12.7. The molecule has 3 aromatic rings. The van der Waals surface area contributed by atoms with Crippen LogP contribution in [0.15, 0.2) is 66.7 Å². The number of carbonyl (C=O) groups is 2. The smallest absolute Gasteiger partial charge is 0.283 e. The molecule has 0 saturated heterocycles. The van der Waals surface area contributed by atoms with E-state index in [1.165, 1.54) is 0 Å². The van der Waals surface area contributed by atoms with Crippen molar-refractivity contribution in [3.8, 4) is 11.5 Å². The third-order valence-electron chi connectivity index (χ3n) is 4.11. The van der Waals surface area contributed by atoms with Crippen molar-refractivity contribution < 1.29 is 19.1 Å². The van der Waals surface area contributed by atoms with Gasteiger partial charge in [0.25, 0.3) is 11.8 Å². The Morgan fingerprint density at radius 2 is 1.58 bits per heavy atom. The molecule has 0 aliphatic carbocycles. The van der Waals surface area contributed by atoms with Gasteiger partial charge in [-0.3, -0.25) is 20.4 Å². The van der Waals surface area contributed by atoms with Gasteiger partial charge in [-0.1, -0.05) is 42.5 Å². The van der Waals surface area contributed by atoms with Crippen molar-refractivity contribution in [1.82, 2.24) is 10.9 Å². The number of rotatable bonds is 2. The van der Waals surface area contributed by atoms with Crippen LogP contribution >= 0.6 is 0 Å². The summed E-state index contributed by atoms with van der Waals surface area (Å²) in [5, 5.41) is 1.99. The van der Waals surface area contributed by atoms with Crippen LogP contribution in [0.2, 0.25) is 0 Å². The van der Waals surface area contributed by atoms with Crippen molar-refractivity contribution in [1.29, 1.82) is 0 Å². The zero-order chi connectivity index (χ0) is 17.9. The van der Waals surface area contributed by atoms with Crippen LogP contribution in [-0.4, -0.2) is 24.5 Å². The minimum absolute atomic E-state index is 0.0781. The van der Waals surface area contributed by atoms with E-state index in [2.05, 4.69) is 10.9 Å². The van der Waals surface area contributed by atoms with Gasteiger partial charge in [-0.2, -0.15) is 0 Å². The molecule has 0 spiro atoms. The van der Waals surface area contributed by atoms with Crippen LogP contribution in [0.4, 0.5) is 0 Å². The molecule has 0 bridgehead atoms. The van der Waals surface area contributed by atoms with E-state index in [1.54, 1.807) is 30.3 Å². The van der Waals surface area contributed by atoms with Gasteiger partial charge in [0.05, 0.1) is 0 Å². The summed E-state index contributed by atoms with van der Waals surface area (Å²) in [4.78, 5) is 24.5. The second-order valence-electron chi connectivity index (χ2n) is 5.87. The molecule has 4 rings (SSSR count). The predicted molar refractivity (Wildman–Crippen MR) is 95.9 cm³/mol. The first-order valence-corrected chi connectivity index (χ1v) is 8.18. The molecule has 0 aromatic heterocycles. The van der Waals surface area contributed by atoms with Gasteiger partial charge in [0.2, 0.25) is 6.10 Å². The van der Waals surface area contributed by atoms with Gasteiger partial charge in [0.1, 0.15) is 6.61 Å².